The van der Waals surface area contributed by atoms with Gasteiger partial charge in [0.15, 0.2) is 11.5 Å². The predicted octanol–water partition coefficient (Wildman–Crippen LogP) is 3.74. The summed E-state index contributed by atoms with van der Waals surface area (Å²) >= 11 is 6.28. The van der Waals surface area contributed by atoms with Gasteiger partial charge in [-0.2, -0.15) is 0 Å². The molecule has 0 spiro atoms. The third-order valence-corrected chi connectivity index (χ3v) is 5.62. The minimum absolute atomic E-state index is 0.124. The zero-order valence-electron chi connectivity index (χ0n) is 16.6. The van der Waals surface area contributed by atoms with Gasteiger partial charge in [0.1, 0.15) is 6.04 Å². The molecule has 2 aromatic carbocycles. The molecule has 0 bridgehead atoms. The fourth-order valence-corrected chi connectivity index (χ4v) is 4.17. The van der Waals surface area contributed by atoms with Crippen molar-refractivity contribution >= 4 is 23.5 Å². The summed E-state index contributed by atoms with van der Waals surface area (Å²) in [6.45, 7) is 1.97. The number of methoxy groups -OCH3 is 2. The van der Waals surface area contributed by atoms with Gasteiger partial charge in [0.05, 0.1) is 20.6 Å². The number of para-hydroxylation sites is 1. The second-order valence-corrected chi connectivity index (χ2v) is 7.40. The van der Waals surface area contributed by atoms with Crippen LogP contribution in [0.4, 0.5) is 0 Å². The second kappa shape index (κ2) is 8.74. The minimum atomic E-state index is -1.01. The lowest BCUT2D eigenvalue weighted by atomic mass is 9.87. The Morgan fingerprint density at radius 1 is 1.24 bits per heavy atom. The molecule has 2 unspecified atom stereocenters. The van der Waals surface area contributed by atoms with E-state index in [0.717, 1.165) is 16.7 Å². The first-order chi connectivity index (χ1) is 13.9. The summed E-state index contributed by atoms with van der Waals surface area (Å²) in [7, 11) is 3.12. The fourth-order valence-electron chi connectivity index (χ4n) is 3.99. The zero-order valence-corrected chi connectivity index (χ0v) is 17.4. The first-order valence-electron chi connectivity index (χ1n) is 9.42. The van der Waals surface area contributed by atoms with E-state index in [1.807, 2.05) is 24.3 Å². The number of aliphatic carboxylic acids is 1. The van der Waals surface area contributed by atoms with Gasteiger partial charge in [-0.3, -0.25) is 4.79 Å². The summed E-state index contributed by atoms with van der Waals surface area (Å²) in [6, 6.07) is 10.1. The first kappa shape index (κ1) is 21.0. The SMILES string of the molecule is CCC(C(=O)O)N1CC(c2cccc(OC)c2OC)c2cc(Cl)ccc2CC1=O. The van der Waals surface area contributed by atoms with E-state index in [1.54, 1.807) is 33.3 Å². The van der Waals surface area contributed by atoms with Crippen molar-refractivity contribution in [2.24, 2.45) is 0 Å². The topological polar surface area (TPSA) is 76.1 Å². The van der Waals surface area contributed by atoms with E-state index in [9.17, 15) is 14.7 Å². The van der Waals surface area contributed by atoms with Gasteiger partial charge in [-0.1, -0.05) is 36.7 Å². The van der Waals surface area contributed by atoms with Gasteiger partial charge in [-0.15, -0.1) is 0 Å². The molecule has 3 rings (SSSR count). The fraction of sp³-hybridized carbons (Fsp3) is 0.364. The quantitative estimate of drug-likeness (QED) is 0.774. The minimum Gasteiger partial charge on any atom is -0.493 e. The van der Waals surface area contributed by atoms with Crippen LogP contribution in [0.3, 0.4) is 0 Å². The van der Waals surface area contributed by atoms with Crippen molar-refractivity contribution in [2.45, 2.75) is 31.7 Å². The van der Waals surface area contributed by atoms with E-state index < -0.39 is 12.0 Å². The van der Waals surface area contributed by atoms with Gasteiger partial charge in [-0.05, 0) is 35.7 Å². The molecule has 0 saturated heterocycles. The van der Waals surface area contributed by atoms with E-state index >= 15 is 0 Å². The first-order valence-corrected chi connectivity index (χ1v) is 9.80. The number of carboxylic acid groups (broad SMARTS) is 1. The van der Waals surface area contributed by atoms with Gasteiger partial charge in [0.2, 0.25) is 5.91 Å². The van der Waals surface area contributed by atoms with Crippen LogP contribution >= 0.6 is 11.6 Å². The number of nitrogens with zero attached hydrogens (tertiary/aromatic N) is 1. The Balaban J connectivity index is 2.21. The molecule has 29 heavy (non-hydrogen) atoms. The average molecular weight is 418 g/mol. The molecule has 7 heteroatoms. The number of carboxylic acids is 1. The highest BCUT2D eigenvalue weighted by atomic mass is 35.5. The van der Waals surface area contributed by atoms with Gasteiger partial charge >= 0.3 is 5.97 Å². The van der Waals surface area contributed by atoms with E-state index in [0.29, 0.717) is 22.9 Å². The molecule has 2 atom stereocenters. The number of carbonyl (C=O) groups is 2. The highest BCUT2D eigenvalue weighted by molar-refractivity contribution is 6.30. The molecule has 2 aromatic rings. The second-order valence-electron chi connectivity index (χ2n) is 6.96. The Labute approximate surface area is 175 Å². The van der Waals surface area contributed by atoms with Crippen LogP contribution in [0.5, 0.6) is 11.5 Å². The summed E-state index contributed by atoms with van der Waals surface area (Å²) in [5, 5.41) is 10.2. The molecule has 0 aromatic heterocycles. The summed E-state index contributed by atoms with van der Waals surface area (Å²) in [6.07, 6.45) is 0.444. The van der Waals surface area contributed by atoms with Crippen molar-refractivity contribution in [3.8, 4) is 11.5 Å². The van der Waals surface area contributed by atoms with Crippen LogP contribution in [0.1, 0.15) is 36.0 Å². The van der Waals surface area contributed by atoms with Crippen LogP contribution < -0.4 is 9.47 Å². The summed E-state index contributed by atoms with van der Waals surface area (Å²) in [5.74, 6) is -0.411. The largest absolute Gasteiger partial charge is 0.493 e. The van der Waals surface area contributed by atoms with Crippen LogP contribution in [0.2, 0.25) is 5.02 Å². The molecule has 1 heterocycles. The number of halogens is 1. The lowest BCUT2D eigenvalue weighted by Crippen LogP contribution is -2.46. The molecule has 1 N–H and O–H groups in total. The normalized spacial score (nSPS) is 17.3. The van der Waals surface area contributed by atoms with E-state index in [2.05, 4.69) is 0 Å². The lowest BCUT2D eigenvalue weighted by molar-refractivity contribution is -0.150. The molecule has 0 radical (unpaired) electrons. The Morgan fingerprint density at radius 2 is 2.00 bits per heavy atom. The van der Waals surface area contributed by atoms with Crippen LogP contribution in [-0.2, 0) is 16.0 Å². The van der Waals surface area contributed by atoms with Crippen molar-refractivity contribution < 1.29 is 24.2 Å². The van der Waals surface area contributed by atoms with Crippen molar-refractivity contribution in [1.29, 1.82) is 0 Å². The zero-order chi connectivity index (χ0) is 21.1. The molecule has 1 amide bonds. The molecule has 0 aliphatic carbocycles. The van der Waals surface area contributed by atoms with Crippen molar-refractivity contribution in [3.63, 3.8) is 0 Å². The molecule has 6 nitrogen and oxygen atoms in total. The van der Waals surface area contributed by atoms with Crippen LogP contribution in [0, 0.1) is 0 Å². The average Bonchev–Trinajstić information content (AvgIpc) is 2.84. The monoisotopic (exact) mass is 417 g/mol. The van der Waals surface area contributed by atoms with Gasteiger partial charge in [0, 0.05) is 23.0 Å². The highest BCUT2D eigenvalue weighted by Gasteiger charge is 2.36. The standard InChI is InChI=1S/C22H24ClNO5/c1-4-18(22(26)27)24-12-17(15-6-5-7-19(28-2)21(15)29-3)16-11-14(23)9-8-13(16)10-20(24)25/h5-9,11,17-18H,4,10,12H2,1-3H3,(H,26,27). The summed E-state index contributed by atoms with van der Waals surface area (Å²) < 4.78 is 11.1. The lowest BCUT2D eigenvalue weighted by Gasteiger charge is -2.31. The smallest absolute Gasteiger partial charge is 0.326 e. The number of carbonyl (C=O) groups excluding carboxylic acids is 1. The Kier molecular flexibility index (Phi) is 6.33. The summed E-state index contributed by atoms with van der Waals surface area (Å²) in [5.41, 5.74) is 2.53. The molecule has 1 aliphatic rings. The van der Waals surface area contributed by atoms with Crippen LogP contribution in [-0.4, -0.2) is 48.7 Å². The van der Waals surface area contributed by atoms with Gasteiger partial charge in [0.25, 0.3) is 0 Å². The Morgan fingerprint density at radius 3 is 2.62 bits per heavy atom. The van der Waals surface area contributed by atoms with Crippen molar-refractivity contribution in [1.82, 2.24) is 4.90 Å². The molecule has 154 valence electrons. The number of benzene rings is 2. The Bertz CT molecular complexity index is 929. The van der Waals surface area contributed by atoms with Crippen LogP contribution in [0.25, 0.3) is 0 Å². The number of hydrogen-bond acceptors (Lipinski definition) is 4. The van der Waals surface area contributed by atoms with Crippen molar-refractivity contribution in [3.05, 3.63) is 58.1 Å². The van der Waals surface area contributed by atoms with Gasteiger partial charge in [-0.25, -0.2) is 4.79 Å². The molecular weight excluding hydrogens is 394 g/mol. The van der Waals surface area contributed by atoms with Crippen LogP contribution in [0.15, 0.2) is 36.4 Å². The van der Waals surface area contributed by atoms with Gasteiger partial charge < -0.3 is 19.5 Å². The Hall–Kier alpha value is -2.73. The molecular formula is C22H24ClNO5. The van der Waals surface area contributed by atoms with E-state index in [4.69, 9.17) is 21.1 Å². The maximum Gasteiger partial charge on any atom is 0.326 e. The van der Waals surface area contributed by atoms with E-state index in [1.165, 1.54) is 4.90 Å². The molecule has 1 aliphatic heterocycles. The maximum atomic E-state index is 13.0. The predicted molar refractivity (Wildman–Crippen MR) is 110 cm³/mol. The molecule has 0 fully saturated rings. The van der Waals surface area contributed by atoms with E-state index in [-0.39, 0.29) is 24.8 Å². The number of fused-ring (bicyclic) bond motifs is 1. The maximum absolute atomic E-state index is 13.0. The van der Waals surface area contributed by atoms with Crippen molar-refractivity contribution in [2.75, 3.05) is 20.8 Å². The third-order valence-electron chi connectivity index (χ3n) is 5.38. The third kappa shape index (κ3) is 4.03. The summed E-state index contributed by atoms with van der Waals surface area (Å²) in [4.78, 5) is 26.3. The number of amides is 1. The number of hydrogen-bond donors (Lipinski definition) is 1. The molecule has 0 saturated carbocycles. The number of rotatable bonds is 6. The number of ether oxygens (including phenoxy) is 2. The highest BCUT2D eigenvalue weighted by Crippen LogP contribution is 2.42.